The third-order valence-corrected chi connectivity index (χ3v) is 4.42. The molecule has 0 saturated carbocycles. The van der Waals surface area contributed by atoms with Gasteiger partial charge in [0.2, 0.25) is 0 Å². The van der Waals surface area contributed by atoms with E-state index in [1.165, 1.54) is 38.8 Å². The Morgan fingerprint density at radius 1 is 1.29 bits per heavy atom. The molecule has 2 nitrogen and oxygen atoms in total. The highest BCUT2D eigenvalue weighted by Gasteiger charge is 2.49. The minimum Gasteiger partial charge on any atom is -0.380 e. The lowest BCUT2D eigenvalue weighted by molar-refractivity contribution is 0.105. The Hall–Kier alpha value is -0.0800. The molecule has 0 spiro atoms. The van der Waals surface area contributed by atoms with Crippen LogP contribution in [0.2, 0.25) is 0 Å². The highest BCUT2D eigenvalue weighted by atomic mass is 16.5. The van der Waals surface area contributed by atoms with Crippen molar-refractivity contribution in [2.45, 2.75) is 51.2 Å². The van der Waals surface area contributed by atoms with Gasteiger partial charge in [-0.15, -0.1) is 0 Å². The van der Waals surface area contributed by atoms with Crippen molar-refractivity contribution >= 4 is 0 Å². The van der Waals surface area contributed by atoms with E-state index < -0.39 is 0 Å². The van der Waals surface area contributed by atoms with Gasteiger partial charge in [-0.2, -0.15) is 0 Å². The molecular formula is C12H23NO. The first-order valence-corrected chi connectivity index (χ1v) is 6.02. The van der Waals surface area contributed by atoms with Crippen LogP contribution in [0.1, 0.15) is 39.5 Å². The van der Waals surface area contributed by atoms with E-state index in [4.69, 9.17) is 4.74 Å². The normalized spacial score (nSPS) is 43.1. The minimum absolute atomic E-state index is 0.493. The number of fused-ring (bicyclic) bond motifs is 1. The van der Waals surface area contributed by atoms with Crippen LogP contribution in [0.4, 0.5) is 0 Å². The van der Waals surface area contributed by atoms with Crippen molar-refractivity contribution in [1.29, 1.82) is 0 Å². The van der Waals surface area contributed by atoms with Gasteiger partial charge in [0.05, 0.1) is 6.10 Å². The highest BCUT2D eigenvalue weighted by molar-refractivity contribution is 5.05. The van der Waals surface area contributed by atoms with E-state index in [0.29, 0.717) is 11.6 Å². The predicted molar refractivity (Wildman–Crippen MR) is 58.4 cm³/mol. The van der Waals surface area contributed by atoms with Crippen molar-refractivity contribution in [2.75, 3.05) is 20.2 Å². The summed E-state index contributed by atoms with van der Waals surface area (Å²) in [5, 5.41) is 0. The fourth-order valence-corrected chi connectivity index (χ4v) is 3.39. The Labute approximate surface area is 87.6 Å². The molecule has 14 heavy (non-hydrogen) atoms. The van der Waals surface area contributed by atoms with Crippen LogP contribution in [0.15, 0.2) is 0 Å². The van der Waals surface area contributed by atoms with Crippen molar-refractivity contribution in [1.82, 2.24) is 4.90 Å². The zero-order valence-electron chi connectivity index (χ0n) is 9.75. The lowest BCUT2D eigenvalue weighted by Crippen LogP contribution is -2.37. The van der Waals surface area contributed by atoms with Crippen LogP contribution < -0.4 is 0 Å². The molecule has 0 radical (unpaired) electrons. The second-order valence-electron chi connectivity index (χ2n) is 5.02. The molecule has 0 bridgehead atoms. The summed E-state index contributed by atoms with van der Waals surface area (Å²) in [6, 6.07) is 0. The molecule has 2 aliphatic rings. The second-order valence-corrected chi connectivity index (χ2v) is 5.02. The van der Waals surface area contributed by atoms with Gasteiger partial charge in [-0.25, -0.2) is 0 Å². The van der Waals surface area contributed by atoms with Crippen molar-refractivity contribution < 1.29 is 4.74 Å². The van der Waals surface area contributed by atoms with Gasteiger partial charge in [0.15, 0.2) is 0 Å². The number of hydrogen-bond donors (Lipinski definition) is 0. The van der Waals surface area contributed by atoms with Gasteiger partial charge < -0.3 is 4.74 Å². The molecular weight excluding hydrogens is 174 g/mol. The summed E-state index contributed by atoms with van der Waals surface area (Å²) < 4.78 is 5.50. The molecule has 0 aromatic heterocycles. The van der Waals surface area contributed by atoms with Crippen LogP contribution in [-0.4, -0.2) is 36.7 Å². The van der Waals surface area contributed by atoms with Crippen LogP contribution in [0.3, 0.4) is 0 Å². The van der Waals surface area contributed by atoms with Crippen molar-refractivity contribution in [2.24, 2.45) is 5.92 Å². The maximum Gasteiger partial charge on any atom is 0.0716 e. The first-order valence-electron chi connectivity index (χ1n) is 6.02. The third-order valence-electron chi connectivity index (χ3n) is 4.42. The molecule has 2 heterocycles. The fourth-order valence-electron chi connectivity index (χ4n) is 3.39. The second kappa shape index (κ2) is 3.82. The summed E-state index contributed by atoms with van der Waals surface area (Å²) in [5.41, 5.74) is 0.501. The molecule has 2 saturated heterocycles. The van der Waals surface area contributed by atoms with Crippen LogP contribution in [-0.2, 0) is 4.74 Å². The monoisotopic (exact) mass is 197 g/mol. The van der Waals surface area contributed by atoms with E-state index in [1.54, 1.807) is 0 Å². The summed E-state index contributed by atoms with van der Waals surface area (Å²) >= 11 is 0. The maximum absolute atomic E-state index is 5.50. The molecule has 0 aromatic rings. The number of methoxy groups -OCH3 is 1. The summed E-state index contributed by atoms with van der Waals surface area (Å²) in [6.45, 7) is 7.14. The lowest BCUT2D eigenvalue weighted by Gasteiger charge is -2.30. The Balaban J connectivity index is 2.07. The van der Waals surface area contributed by atoms with Gasteiger partial charge in [-0.1, -0.05) is 20.3 Å². The van der Waals surface area contributed by atoms with Crippen molar-refractivity contribution in [3.63, 3.8) is 0 Å². The van der Waals surface area contributed by atoms with Crippen LogP contribution in [0, 0.1) is 5.92 Å². The van der Waals surface area contributed by atoms with Gasteiger partial charge >= 0.3 is 0 Å². The average molecular weight is 197 g/mol. The molecule has 2 rings (SSSR count). The summed E-state index contributed by atoms with van der Waals surface area (Å²) in [7, 11) is 1.85. The zero-order chi connectivity index (χ0) is 10.2. The van der Waals surface area contributed by atoms with Gasteiger partial charge in [-0.05, 0) is 25.2 Å². The van der Waals surface area contributed by atoms with E-state index in [9.17, 15) is 0 Å². The number of rotatable bonds is 3. The van der Waals surface area contributed by atoms with E-state index in [1.807, 2.05) is 7.11 Å². The fraction of sp³-hybridized carbons (Fsp3) is 1.00. The number of nitrogens with zero attached hydrogens (tertiary/aromatic N) is 1. The van der Waals surface area contributed by atoms with Crippen molar-refractivity contribution in [3.05, 3.63) is 0 Å². The minimum atomic E-state index is 0.493. The zero-order valence-corrected chi connectivity index (χ0v) is 9.75. The van der Waals surface area contributed by atoms with Gasteiger partial charge in [0.1, 0.15) is 0 Å². The number of hydrogen-bond acceptors (Lipinski definition) is 2. The van der Waals surface area contributed by atoms with E-state index >= 15 is 0 Å². The third kappa shape index (κ3) is 1.49. The van der Waals surface area contributed by atoms with E-state index in [2.05, 4.69) is 18.7 Å². The van der Waals surface area contributed by atoms with Crippen LogP contribution in [0.25, 0.3) is 0 Å². The molecule has 0 aliphatic carbocycles. The van der Waals surface area contributed by atoms with Crippen molar-refractivity contribution in [3.8, 4) is 0 Å². The number of ether oxygens (including phenoxy) is 1. The van der Waals surface area contributed by atoms with Gasteiger partial charge in [0, 0.05) is 25.7 Å². The molecule has 82 valence electrons. The molecule has 0 aromatic carbocycles. The molecule has 3 unspecified atom stereocenters. The van der Waals surface area contributed by atoms with Gasteiger partial charge in [0.25, 0.3) is 0 Å². The smallest absolute Gasteiger partial charge is 0.0716 e. The topological polar surface area (TPSA) is 12.5 Å². The summed E-state index contributed by atoms with van der Waals surface area (Å²) in [6.07, 6.45) is 5.79. The van der Waals surface area contributed by atoms with E-state index in [-0.39, 0.29) is 0 Å². The Bertz CT molecular complexity index is 188. The first kappa shape index (κ1) is 10.4. The van der Waals surface area contributed by atoms with Crippen LogP contribution in [0.5, 0.6) is 0 Å². The average Bonchev–Trinajstić information content (AvgIpc) is 2.70. The lowest BCUT2D eigenvalue weighted by atomic mass is 9.86. The van der Waals surface area contributed by atoms with Gasteiger partial charge in [-0.3, -0.25) is 4.90 Å². The quantitative estimate of drug-likeness (QED) is 0.688. The Morgan fingerprint density at radius 3 is 2.57 bits per heavy atom. The summed E-state index contributed by atoms with van der Waals surface area (Å²) in [5.74, 6) is 0.938. The highest BCUT2D eigenvalue weighted by Crippen LogP contribution is 2.45. The first-order chi connectivity index (χ1) is 6.74. The van der Waals surface area contributed by atoms with Crippen LogP contribution >= 0.6 is 0 Å². The van der Waals surface area contributed by atoms with E-state index in [0.717, 1.165) is 5.92 Å². The largest absolute Gasteiger partial charge is 0.380 e. The molecule has 3 atom stereocenters. The SMILES string of the molecule is CCC1CN2CC(OC)CC2(CC)C1. The Kier molecular flexibility index (Phi) is 2.85. The molecule has 0 N–H and O–H groups in total. The molecule has 0 amide bonds. The standard InChI is InChI=1S/C12H23NO/c1-4-10-6-12(5-2)7-11(14-3)9-13(12)8-10/h10-11H,4-9H2,1-3H3. The molecule has 2 heteroatoms. The summed E-state index contributed by atoms with van der Waals surface area (Å²) in [4.78, 5) is 2.69. The molecule has 2 aliphatic heterocycles. The maximum atomic E-state index is 5.50. The predicted octanol–water partition coefficient (Wildman–Crippen LogP) is 2.29. The molecule has 2 fully saturated rings. The Morgan fingerprint density at radius 2 is 2.07 bits per heavy atom.